The number of carbonyl (C=O) groups is 1. The number of rotatable bonds is 6. The molecule has 0 saturated carbocycles. The van der Waals surface area contributed by atoms with Crippen molar-refractivity contribution in [1.29, 1.82) is 0 Å². The van der Waals surface area contributed by atoms with Gasteiger partial charge in [0, 0.05) is 23.9 Å². The van der Waals surface area contributed by atoms with Crippen molar-refractivity contribution < 1.29 is 14.3 Å². The van der Waals surface area contributed by atoms with Crippen LogP contribution in [0.5, 0.6) is 0 Å². The molecule has 1 rings (SSSR count). The van der Waals surface area contributed by atoms with Gasteiger partial charge < -0.3 is 5.11 Å². The Bertz CT molecular complexity index is 425. The van der Waals surface area contributed by atoms with Crippen LogP contribution in [0.4, 0.5) is 4.39 Å². The van der Waals surface area contributed by atoms with Gasteiger partial charge in [-0.2, -0.15) is 11.8 Å². The van der Waals surface area contributed by atoms with Crippen LogP contribution in [0.1, 0.15) is 22.8 Å². The third-order valence-corrected chi connectivity index (χ3v) is 3.69. The summed E-state index contributed by atoms with van der Waals surface area (Å²) in [6, 6.07) is 4.21. The Morgan fingerprint density at radius 3 is 2.78 bits per heavy atom. The second-order valence-corrected chi connectivity index (χ2v) is 5.24. The fraction of sp³-hybridized carbons (Fsp3) is 0.462. The largest absolute Gasteiger partial charge is 0.478 e. The molecule has 1 N–H and O–H groups in total. The van der Waals surface area contributed by atoms with E-state index in [0.29, 0.717) is 18.2 Å². The summed E-state index contributed by atoms with van der Waals surface area (Å²) in [5.74, 6) is -0.434. The van der Waals surface area contributed by atoms with Crippen molar-refractivity contribution in [3.8, 4) is 0 Å². The maximum Gasteiger partial charge on any atom is 0.335 e. The standard InChI is InChI=1S/C13H18FNO2S/c1-9(8-18-3)15(2)7-11-6-10(13(16)17)4-5-12(11)14/h4-6,9H,7-8H2,1-3H3,(H,16,17). The van der Waals surface area contributed by atoms with Gasteiger partial charge in [0.1, 0.15) is 5.82 Å². The molecule has 0 heterocycles. The summed E-state index contributed by atoms with van der Waals surface area (Å²) >= 11 is 1.73. The summed E-state index contributed by atoms with van der Waals surface area (Å²) in [6.07, 6.45) is 2.02. The third kappa shape index (κ3) is 3.99. The lowest BCUT2D eigenvalue weighted by molar-refractivity contribution is 0.0696. The number of carboxylic acid groups (broad SMARTS) is 1. The number of halogens is 1. The fourth-order valence-electron chi connectivity index (χ4n) is 1.62. The third-order valence-electron chi connectivity index (χ3n) is 2.87. The van der Waals surface area contributed by atoms with Crippen LogP contribution in [0.3, 0.4) is 0 Å². The molecule has 100 valence electrons. The minimum Gasteiger partial charge on any atom is -0.478 e. The SMILES string of the molecule is CSCC(C)N(C)Cc1cc(C(=O)O)ccc1F. The normalized spacial score (nSPS) is 12.7. The minimum atomic E-state index is -1.03. The number of carboxylic acids is 1. The Morgan fingerprint density at radius 1 is 1.56 bits per heavy atom. The Labute approximate surface area is 111 Å². The first-order valence-corrected chi connectivity index (χ1v) is 7.06. The lowest BCUT2D eigenvalue weighted by atomic mass is 10.1. The Balaban J connectivity index is 2.83. The molecule has 0 aliphatic heterocycles. The van der Waals surface area contributed by atoms with Crippen molar-refractivity contribution in [3.05, 3.63) is 35.1 Å². The molecule has 3 nitrogen and oxygen atoms in total. The van der Waals surface area contributed by atoms with Crippen LogP contribution in [-0.4, -0.2) is 41.1 Å². The highest BCUT2D eigenvalue weighted by atomic mass is 32.2. The molecule has 1 aromatic carbocycles. The maximum atomic E-state index is 13.6. The second-order valence-electron chi connectivity index (χ2n) is 4.33. The van der Waals surface area contributed by atoms with E-state index in [-0.39, 0.29) is 11.4 Å². The molecule has 1 aromatic rings. The highest BCUT2D eigenvalue weighted by Gasteiger charge is 2.13. The zero-order chi connectivity index (χ0) is 13.7. The summed E-state index contributed by atoms with van der Waals surface area (Å²) in [4.78, 5) is 12.9. The predicted molar refractivity (Wildman–Crippen MR) is 72.7 cm³/mol. The highest BCUT2D eigenvalue weighted by molar-refractivity contribution is 7.98. The van der Waals surface area contributed by atoms with Crippen LogP contribution < -0.4 is 0 Å². The molecule has 0 aromatic heterocycles. The fourth-order valence-corrected chi connectivity index (χ4v) is 2.36. The van der Waals surface area contributed by atoms with E-state index in [0.717, 1.165) is 5.75 Å². The van der Waals surface area contributed by atoms with Crippen molar-refractivity contribution in [3.63, 3.8) is 0 Å². The van der Waals surface area contributed by atoms with E-state index < -0.39 is 5.97 Å². The predicted octanol–water partition coefficient (Wildman–Crippen LogP) is 2.71. The van der Waals surface area contributed by atoms with Crippen LogP contribution in [0, 0.1) is 5.82 Å². The Kier molecular flexibility index (Phi) is 5.62. The molecule has 18 heavy (non-hydrogen) atoms. The molecule has 0 spiro atoms. The number of hydrogen-bond acceptors (Lipinski definition) is 3. The van der Waals surface area contributed by atoms with Crippen LogP contribution in [0.15, 0.2) is 18.2 Å². The second kappa shape index (κ2) is 6.75. The lowest BCUT2D eigenvalue weighted by Crippen LogP contribution is -2.30. The molecule has 0 saturated heterocycles. The van der Waals surface area contributed by atoms with Gasteiger partial charge in [0.15, 0.2) is 0 Å². The van der Waals surface area contributed by atoms with Crippen LogP contribution >= 0.6 is 11.8 Å². The van der Waals surface area contributed by atoms with Crippen molar-refractivity contribution in [2.75, 3.05) is 19.1 Å². The molecule has 1 unspecified atom stereocenters. The molecule has 0 aliphatic rings. The first-order valence-electron chi connectivity index (χ1n) is 5.66. The van der Waals surface area contributed by atoms with Gasteiger partial charge in [0.05, 0.1) is 5.56 Å². The van der Waals surface area contributed by atoms with Gasteiger partial charge in [-0.1, -0.05) is 0 Å². The van der Waals surface area contributed by atoms with Gasteiger partial charge in [-0.3, -0.25) is 4.90 Å². The van der Waals surface area contributed by atoms with Crippen LogP contribution in [0.25, 0.3) is 0 Å². The van der Waals surface area contributed by atoms with Gasteiger partial charge in [0.2, 0.25) is 0 Å². The maximum absolute atomic E-state index is 13.6. The van der Waals surface area contributed by atoms with Gasteiger partial charge in [-0.25, -0.2) is 9.18 Å². The summed E-state index contributed by atoms with van der Waals surface area (Å²) < 4.78 is 13.6. The Hall–Kier alpha value is -1.07. The zero-order valence-corrected chi connectivity index (χ0v) is 11.6. The molecular weight excluding hydrogens is 253 g/mol. The minimum absolute atomic E-state index is 0.123. The average molecular weight is 271 g/mol. The molecule has 0 bridgehead atoms. The van der Waals surface area contributed by atoms with Crippen molar-refractivity contribution in [1.82, 2.24) is 4.90 Å². The molecule has 0 radical (unpaired) electrons. The average Bonchev–Trinajstić information content (AvgIpc) is 2.31. The van der Waals surface area contributed by atoms with Crippen LogP contribution in [-0.2, 0) is 6.54 Å². The van der Waals surface area contributed by atoms with E-state index in [2.05, 4.69) is 6.92 Å². The molecular formula is C13H18FNO2S. The molecule has 0 aliphatic carbocycles. The van der Waals surface area contributed by atoms with E-state index in [4.69, 9.17) is 5.11 Å². The quantitative estimate of drug-likeness (QED) is 0.863. The highest BCUT2D eigenvalue weighted by Crippen LogP contribution is 2.15. The van der Waals surface area contributed by atoms with Gasteiger partial charge in [-0.15, -0.1) is 0 Å². The van der Waals surface area contributed by atoms with E-state index in [9.17, 15) is 9.18 Å². The summed E-state index contributed by atoms with van der Waals surface area (Å²) in [5, 5.41) is 8.89. The van der Waals surface area contributed by atoms with Gasteiger partial charge in [0.25, 0.3) is 0 Å². The van der Waals surface area contributed by atoms with Crippen molar-refractivity contribution >= 4 is 17.7 Å². The van der Waals surface area contributed by atoms with E-state index >= 15 is 0 Å². The van der Waals surface area contributed by atoms with E-state index in [1.165, 1.54) is 18.2 Å². The number of thioether (sulfide) groups is 1. The number of hydrogen-bond donors (Lipinski definition) is 1. The molecule has 0 amide bonds. The van der Waals surface area contributed by atoms with Gasteiger partial charge >= 0.3 is 5.97 Å². The van der Waals surface area contributed by atoms with E-state index in [1.54, 1.807) is 11.8 Å². The van der Waals surface area contributed by atoms with Gasteiger partial charge in [-0.05, 0) is 38.4 Å². The summed E-state index contributed by atoms with van der Waals surface area (Å²) in [6.45, 7) is 2.48. The molecule has 0 fully saturated rings. The number of aromatic carboxylic acids is 1. The number of nitrogens with zero attached hydrogens (tertiary/aromatic N) is 1. The van der Waals surface area contributed by atoms with E-state index in [1.807, 2.05) is 18.2 Å². The summed E-state index contributed by atoms with van der Waals surface area (Å²) in [5.41, 5.74) is 0.544. The van der Waals surface area contributed by atoms with Crippen molar-refractivity contribution in [2.24, 2.45) is 0 Å². The molecule has 1 atom stereocenters. The zero-order valence-electron chi connectivity index (χ0n) is 10.8. The van der Waals surface area contributed by atoms with Crippen LogP contribution in [0.2, 0.25) is 0 Å². The Morgan fingerprint density at radius 2 is 2.22 bits per heavy atom. The summed E-state index contributed by atoms with van der Waals surface area (Å²) in [7, 11) is 1.91. The lowest BCUT2D eigenvalue weighted by Gasteiger charge is -2.24. The topological polar surface area (TPSA) is 40.5 Å². The number of benzene rings is 1. The monoisotopic (exact) mass is 271 g/mol. The first kappa shape index (κ1) is 15.0. The van der Waals surface area contributed by atoms with Crippen molar-refractivity contribution in [2.45, 2.75) is 19.5 Å². The smallest absolute Gasteiger partial charge is 0.335 e. The molecule has 5 heteroatoms. The first-order chi connectivity index (χ1) is 8.45.